The van der Waals surface area contributed by atoms with Crippen molar-refractivity contribution in [1.29, 1.82) is 0 Å². The van der Waals surface area contributed by atoms with Crippen LogP contribution in [0.3, 0.4) is 0 Å². The number of hydrogen-bond donors (Lipinski definition) is 0. The molecule has 0 radical (unpaired) electrons. The van der Waals surface area contributed by atoms with Crippen LogP contribution in [0.25, 0.3) is 0 Å². The third kappa shape index (κ3) is 1.98. The Labute approximate surface area is 105 Å². The molecule has 0 N–H and O–H groups in total. The largest absolute Gasteiger partial charge is 0.0895 e. The fraction of sp³-hybridized carbons (Fsp3) is 0.0769. The molecule has 1 heterocycles. The second-order valence-electron chi connectivity index (χ2n) is 3.49. The van der Waals surface area contributed by atoms with Crippen molar-refractivity contribution in [1.82, 2.24) is 0 Å². The van der Waals surface area contributed by atoms with Crippen LogP contribution >= 0.6 is 11.8 Å². The molecule has 0 unspecified atom stereocenters. The smallest absolute Gasteiger partial charge is 0.0157 e. The summed E-state index contributed by atoms with van der Waals surface area (Å²) in [6.07, 6.45) is 1.08. The van der Waals surface area contributed by atoms with E-state index in [1.165, 1.54) is 20.9 Å². The van der Waals surface area contributed by atoms with E-state index in [-0.39, 0.29) is 17.1 Å². The van der Waals surface area contributed by atoms with E-state index < -0.39 is 0 Å². The minimum atomic E-state index is 0. The molecule has 0 nitrogen and oxygen atoms in total. The normalized spacial score (nSPS) is 12.3. The van der Waals surface area contributed by atoms with Crippen molar-refractivity contribution in [3.8, 4) is 0 Å². The van der Waals surface area contributed by atoms with Gasteiger partial charge < -0.3 is 0 Å². The fourth-order valence-corrected chi connectivity index (χ4v) is 2.90. The van der Waals surface area contributed by atoms with Crippen LogP contribution in [0.2, 0.25) is 0 Å². The van der Waals surface area contributed by atoms with E-state index in [0.29, 0.717) is 0 Å². The quantitative estimate of drug-likeness (QED) is 0.570. The zero-order valence-electron chi connectivity index (χ0n) is 8.23. The molecule has 0 bridgehead atoms. The summed E-state index contributed by atoms with van der Waals surface area (Å²) in [4.78, 5) is 2.82. The second-order valence-corrected chi connectivity index (χ2v) is 4.58. The summed E-state index contributed by atoms with van der Waals surface area (Å²) in [6, 6.07) is 17.3. The van der Waals surface area contributed by atoms with Gasteiger partial charge in [-0.1, -0.05) is 48.2 Å². The van der Waals surface area contributed by atoms with Crippen LogP contribution in [-0.4, -0.2) is 17.1 Å². The molecular formula is C13H12SSe. The standard InChI is InChI=1S/C13H10S.H2Se/c1-3-7-12-10(5-1)9-11-6-2-4-8-13(11)14-12;/h1-8H,9H2;1H2. The molecular weight excluding hydrogens is 267 g/mol. The van der Waals surface area contributed by atoms with Crippen LogP contribution < -0.4 is 0 Å². The Kier molecular flexibility index (Phi) is 3.20. The van der Waals surface area contributed by atoms with Gasteiger partial charge in [-0.15, -0.1) is 0 Å². The summed E-state index contributed by atoms with van der Waals surface area (Å²) in [7, 11) is 0. The van der Waals surface area contributed by atoms with Gasteiger partial charge in [-0.3, -0.25) is 0 Å². The van der Waals surface area contributed by atoms with Crippen LogP contribution in [0.15, 0.2) is 58.3 Å². The molecule has 0 aromatic heterocycles. The molecule has 0 aliphatic carbocycles. The van der Waals surface area contributed by atoms with E-state index in [1.807, 2.05) is 11.8 Å². The van der Waals surface area contributed by atoms with Gasteiger partial charge in [-0.25, -0.2) is 0 Å². The Morgan fingerprint density at radius 3 is 1.73 bits per heavy atom. The van der Waals surface area contributed by atoms with Gasteiger partial charge >= 0.3 is 17.1 Å². The summed E-state index contributed by atoms with van der Waals surface area (Å²) < 4.78 is 0. The van der Waals surface area contributed by atoms with Crippen molar-refractivity contribution in [2.45, 2.75) is 16.2 Å². The van der Waals surface area contributed by atoms with E-state index >= 15 is 0 Å². The summed E-state index contributed by atoms with van der Waals surface area (Å²) in [6.45, 7) is 0. The molecule has 0 atom stereocenters. The molecule has 2 aromatic rings. The molecule has 1 aliphatic heterocycles. The molecule has 0 amide bonds. The number of fused-ring (bicyclic) bond motifs is 2. The molecule has 15 heavy (non-hydrogen) atoms. The predicted molar refractivity (Wildman–Crippen MR) is 68.4 cm³/mol. The maximum atomic E-state index is 2.22. The van der Waals surface area contributed by atoms with Gasteiger partial charge in [0.05, 0.1) is 0 Å². The van der Waals surface area contributed by atoms with Crippen molar-refractivity contribution < 1.29 is 0 Å². The van der Waals surface area contributed by atoms with Gasteiger partial charge in [0.15, 0.2) is 0 Å². The summed E-state index contributed by atoms with van der Waals surface area (Å²) in [5, 5.41) is 0. The maximum Gasteiger partial charge on any atom is 0.0157 e. The SMILES string of the molecule is [SeH2].c1ccc2c(c1)Cc1ccccc1S2. The Hall–Kier alpha value is -0.691. The third-order valence-corrected chi connectivity index (χ3v) is 3.78. The zero-order chi connectivity index (χ0) is 9.38. The second kappa shape index (κ2) is 4.44. The molecule has 2 aromatic carbocycles. The van der Waals surface area contributed by atoms with Crippen LogP contribution in [0.5, 0.6) is 0 Å². The van der Waals surface area contributed by atoms with Gasteiger partial charge in [0.2, 0.25) is 0 Å². The van der Waals surface area contributed by atoms with E-state index in [4.69, 9.17) is 0 Å². The van der Waals surface area contributed by atoms with Gasteiger partial charge in [-0.05, 0) is 29.7 Å². The number of rotatable bonds is 0. The van der Waals surface area contributed by atoms with Gasteiger partial charge in [0, 0.05) is 9.79 Å². The first-order valence-electron chi connectivity index (χ1n) is 4.77. The maximum absolute atomic E-state index is 2.22. The van der Waals surface area contributed by atoms with Crippen LogP contribution in [-0.2, 0) is 6.42 Å². The van der Waals surface area contributed by atoms with Crippen LogP contribution in [0.1, 0.15) is 11.1 Å². The molecule has 2 heteroatoms. The average Bonchev–Trinajstić information content (AvgIpc) is 2.26. The first kappa shape index (κ1) is 10.8. The Morgan fingerprint density at radius 1 is 0.733 bits per heavy atom. The minimum Gasteiger partial charge on any atom is -0.0895 e. The molecule has 0 saturated carbocycles. The van der Waals surface area contributed by atoms with Crippen molar-refractivity contribution in [3.63, 3.8) is 0 Å². The average molecular weight is 279 g/mol. The summed E-state index contributed by atoms with van der Waals surface area (Å²) >= 11 is 1.88. The van der Waals surface area contributed by atoms with Crippen molar-refractivity contribution >= 4 is 28.8 Å². The monoisotopic (exact) mass is 280 g/mol. The molecule has 3 rings (SSSR count). The Balaban J connectivity index is 0.000000853. The summed E-state index contributed by atoms with van der Waals surface area (Å²) in [5.74, 6) is 0. The van der Waals surface area contributed by atoms with Crippen LogP contribution in [0, 0.1) is 0 Å². The van der Waals surface area contributed by atoms with Gasteiger partial charge in [-0.2, -0.15) is 0 Å². The molecule has 0 saturated heterocycles. The minimum absolute atomic E-state index is 0. The molecule has 76 valence electrons. The number of hydrogen-bond acceptors (Lipinski definition) is 1. The van der Waals surface area contributed by atoms with E-state index in [1.54, 1.807) is 0 Å². The Bertz CT molecular complexity index is 392. The number of benzene rings is 2. The topological polar surface area (TPSA) is 0 Å². The van der Waals surface area contributed by atoms with Crippen molar-refractivity contribution in [3.05, 3.63) is 59.7 Å². The van der Waals surface area contributed by atoms with Crippen molar-refractivity contribution in [2.75, 3.05) is 0 Å². The first-order valence-corrected chi connectivity index (χ1v) is 5.59. The Morgan fingerprint density at radius 2 is 1.20 bits per heavy atom. The predicted octanol–water partition coefficient (Wildman–Crippen LogP) is 2.83. The molecule has 0 fully saturated rings. The van der Waals surface area contributed by atoms with Crippen LogP contribution in [0.4, 0.5) is 0 Å². The first-order chi connectivity index (χ1) is 6.93. The molecule has 1 aliphatic rings. The van der Waals surface area contributed by atoms with Gasteiger partial charge in [0.1, 0.15) is 0 Å². The van der Waals surface area contributed by atoms with Crippen molar-refractivity contribution in [2.24, 2.45) is 0 Å². The fourth-order valence-electron chi connectivity index (χ4n) is 1.82. The zero-order valence-corrected chi connectivity index (χ0v) is 11.1. The van der Waals surface area contributed by atoms with E-state index in [9.17, 15) is 0 Å². The van der Waals surface area contributed by atoms with Gasteiger partial charge in [0.25, 0.3) is 0 Å². The van der Waals surface area contributed by atoms with E-state index in [2.05, 4.69) is 48.5 Å². The van der Waals surface area contributed by atoms with E-state index in [0.717, 1.165) is 6.42 Å². The molecule has 0 spiro atoms. The summed E-state index contributed by atoms with van der Waals surface area (Å²) in [5.41, 5.74) is 2.91. The third-order valence-electron chi connectivity index (χ3n) is 2.55.